The lowest BCUT2D eigenvalue weighted by atomic mass is 9.84. The van der Waals surface area contributed by atoms with E-state index in [4.69, 9.17) is 9.72 Å². The molecule has 0 unspecified atom stereocenters. The molecule has 1 amide bonds. The standard InChI is InChI=1S/C34H40F3N5O3/c1-20(24-10-7-11-26(29(24)35)31(36)37)38-32-27-19-28(34(45-6)14-17-42(18-15-34)22(3)43)33(44)41(5)30(27)25(21(2)39-32)13-12-23-9-8-16-40(23)4/h7,10-11,19-20,23,31H,8-9,14-18H2,1-6H3,(H,38,39)/t20-,23+/m1/s1. The molecular weight excluding hydrogens is 583 g/mol. The van der Waals surface area contributed by atoms with E-state index in [1.165, 1.54) is 19.1 Å². The number of anilines is 1. The van der Waals surface area contributed by atoms with Gasteiger partial charge in [0.1, 0.15) is 17.2 Å². The Morgan fingerprint density at radius 3 is 2.47 bits per heavy atom. The van der Waals surface area contributed by atoms with Crippen LogP contribution in [0.1, 0.15) is 79.9 Å². The molecule has 8 nitrogen and oxygen atoms in total. The summed E-state index contributed by atoms with van der Waals surface area (Å²) < 4.78 is 49.8. The van der Waals surface area contributed by atoms with Crippen molar-refractivity contribution in [3.8, 4) is 11.8 Å². The Kier molecular flexibility index (Phi) is 9.28. The molecule has 0 bridgehead atoms. The van der Waals surface area contributed by atoms with Crippen LogP contribution in [-0.2, 0) is 22.2 Å². The molecule has 45 heavy (non-hydrogen) atoms. The predicted molar refractivity (Wildman–Crippen MR) is 168 cm³/mol. The smallest absolute Gasteiger partial charge is 0.266 e. The van der Waals surface area contributed by atoms with Crippen LogP contribution in [0.2, 0.25) is 0 Å². The summed E-state index contributed by atoms with van der Waals surface area (Å²) in [4.78, 5) is 35.0. The van der Waals surface area contributed by atoms with Crippen molar-refractivity contribution in [3.63, 3.8) is 0 Å². The third kappa shape index (κ3) is 6.06. The van der Waals surface area contributed by atoms with Crippen LogP contribution < -0.4 is 10.9 Å². The number of hydrogen-bond acceptors (Lipinski definition) is 6. The molecular formula is C34H40F3N5O3. The average molecular weight is 624 g/mol. The third-order valence-electron chi connectivity index (χ3n) is 9.44. The fraction of sp³-hybridized carbons (Fsp3) is 0.500. The third-order valence-corrected chi connectivity index (χ3v) is 9.44. The SMILES string of the molecule is COC1(c2cc3c(N[C@H](C)c4cccc(C(F)F)c4F)nc(C)c(C#C[C@@H]4CCCN4C)c3n(C)c2=O)CCN(C(C)=O)CC1. The molecule has 2 saturated heterocycles. The largest absolute Gasteiger partial charge is 0.373 e. The second-order valence-corrected chi connectivity index (χ2v) is 12.1. The first-order chi connectivity index (χ1) is 21.4. The van der Waals surface area contributed by atoms with E-state index in [1.807, 2.05) is 14.0 Å². The Labute approximate surface area is 261 Å². The Hall–Kier alpha value is -3.88. The molecule has 2 aromatic heterocycles. The van der Waals surface area contributed by atoms with E-state index in [2.05, 4.69) is 22.1 Å². The van der Waals surface area contributed by atoms with Crippen molar-refractivity contribution >= 4 is 22.6 Å². The van der Waals surface area contributed by atoms with Crippen LogP contribution in [0.15, 0.2) is 29.1 Å². The van der Waals surface area contributed by atoms with E-state index in [0.29, 0.717) is 59.5 Å². The summed E-state index contributed by atoms with van der Waals surface area (Å²) in [6, 6.07) is 5.07. The fourth-order valence-corrected chi connectivity index (χ4v) is 6.63. The number of carbonyl (C=O) groups excluding carboxylic acids is 1. The molecule has 0 spiro atoms. The average Bonchev–Trinajstić information content (AvgIpc) is 3.42. The number of fused-ring (bicyclic) bond motifs is 1. The molecule has 2 fully saturated rings. The highest BCUT2D eigenvalue weighted by molar-refractivity contribution is 5.95. The minimum atomic E-state index is -2.95. The molecule has 2 aliphatic heterocycles. The number of aromatic nitrogens is 2. The van der Waals surface area contributed by atoms with Crippen molar-refractivity contribution in [2.75, 3.05) is 39.1 Å². The highest BCUT2D eigenvalue weighted by Crippen LogP contribution is 2.38. The first-order valence-electron chi connectivity index (χ1n) is 15.3. The van der Waals surface area contributed by atoms with Crippen molar-refractivity contribution in [1.29, 1.82) is 0 Å². The van der Waals surface area contributed by atoms with E-state index in [1.54, 1.807) is 36.6 Å². The van der Waals surface area contributed by atoms with Gasteiger partial charge in [-0.15, -0.1) is 0 Å². The van der Waals surface area contributed by atoms with Crippen LogP contribution >= 0.6 is 0 Å². The minimum absolute atomic E-state index is 0.0365. The molecule has 1 aromatic carbocycles. The van der Waals surface area contributed by atoms with Crippen molar-refractivity contribution < 1.29 is 22.7 Å². The van der Waals surface area contributed by atoms with Crippen molar-refractivity contribution in [1.82, 2.24) is 19.4 Å². The number of halogens is 3. The summed E-state index contributed by atoms with van der Waals surface area (Å²) in [5, 5.41) is 3.82. The Bertz CT molecular complexity index is 1740. The maximum Gasteiger partial charge on any atom is 0.266 e. The van der Waals surface area contributed by atoms with Gasteiger partial charge in [-0.1, -0.05) is 30.0 Å². The first kappa shape index (κ1) is 32.5. The number of amides is 1. The zero-order valence-electron chi connectivity index (χ0n) is 26.6. The summed E-state index contributed by atoms with van der Waals surface area (Å²) in [5.41, 5.74) is 0.383. The monoisotopic (exact) mass is 623 g/mol. The lowest BCUT2D eigenvalue weighted by Crippen LogP contribution is -2.48. The molecule has 2 atom stereocenters. The summed E-state index contributed by atoms with van der Waals surface area (Å²) in [7, 11) is 5.29. The number of alkyl halides is 2. The second-order valence-electron chi connectivity index (χ2n) is 12.1. The molecule has 0 aliphatic carbocycles. The highest BCUT2D eigenvalue weighted by atomic mass is 19.3. The zero-order chi connectivity index (χ0) is 32.6. The van der Waals surface area contributed by atoms with E-state index < -0.39 is 29.4 Å². The number of rotatable bonds is 6. The van der Waals surface area contributed by atoms with Gasteiger partial charge in [0.25, 0.3) is 12.0 Å². The van der Waals surface area contributed by atoms with Crippen LogP contribution in [-0.4, -0.2) is 65.1 Å². The number of nitrogens with one attached hydrogen (secondary N) is 1. The number of methoxy groups -OCH3 is 1. The van der Waals surface area contributed by atoms with Crippen molar-refractivity contribution in [2.45, 2.75) is 70.6 Å². The number of benzene rings is 1. The van der Waals surface area contributed by atoms with Gasteiger partial charge in [0, 0.05) is 45.1 Å². The number of piperidine rings is 1. The van der Waals surface area contributed by atoms with Gasteiger partial charge < -0.3 is 19.5 Å². The lowest BCUT2D eigenvalue weighted by Gasteiger charge is -2.40. The molecule has 4 heterocycles. The van der Waals surface area contributed by atoms with Crippen LogP contribution in [0, 0.1) is 24.6 Å². The number of ether oxygens (including phenoxy) is 1. The van der Waals surface area contributed by atoms with E-state index in [9.17, 15) is 18.4 Å². The maximum absolute atomic E-state index is 15.2. The van der Waals surface area contributed by atoms with Gasteiger partial charge in [-0.3, -0.25) is 14.5 Å². The van der Waals surface area contributed by atoms with Crippen LogP contribution in [0.4, 0.5) is 19.0 Å². The van der Waals surface area contributed by atoms with Crippen LogP contribution in [0.25, 0.3) is 10.9 Å². The Morgan fingerprint density at radius 2 is 1.87 bits per heavy atom. The number of nitrogens with zero attached hydrogens (tertiary/aromatic N) is 4. The number of aryl methyl sites for hydroxylation is 2. The topological polar surface area (TPSA) is 79.7 Å². The van der Waals surface area contributed by atoms with Gasteiger partial charge in [-0.2, -0.15) is 0 Å². The van der Waals surface area contributed by atoms with E-state index >= 15 is 4.39 Å². The molecule has 5 rings (SSSR count). The molecule has 0 radical (unpaired) electrons. The van der Waals surface area contributed by atoms with Crippen LogP contribution in [0.3, 0.4) is 0 Å². The van der Waals surface area contributed by atoms with E-state index in [-0.39, 0.29) is 23.1 Å². The van der Waals surface area contributed by atoms with Crippen LogP contribution in [0.5, 0.6) is 0 Å². The number of hydrogen-bond donors (Lipinski definition) is 1. The fourth-order valence-electron chi connectivity index (χ4n) is 6.63. The van der Waals surface area contributed by atoms with Crippen molar-refractivity contribution in [2.24, 2.45) is 7.05 Å². The summed E-state index contributed by atoms with van der Waals surface area (Å²) in [6.45, 7) is 6.84. The quantitative estimate of drug-likeness (QED) is 0.370. The lowest BCUT2D eigenvalue weighted by molar-refractivity contribution is -0.135. The summed E-state index contributed by atoms with van der Waals surface area (Å²) >= 11 is 0. The maximum atomic E-state index is 15.2. The molecule has 240 valence electrons. The number of pyridine rings is 2. The number of likely N-dealkylation sites (tertiary alicyclic amines) is 2. The van der Waals surface area contributed by atoms with Crippen molar-refractivity contribution in [3.05, 3.63) is 68.4 Å². The molecule has 1 N–H and O–H groups in total. The summed E-state index contributed by atoms with van der Waals surface area (Å²) in [6.07, 6.45) is -0.0967. The van der Waals surface area contributed by atoms with Gasteiger partial charge in [0.05, 0.1) is 40.0 Å². The van der Waals surface area contributed by atoms with Gasteiger partial charge in [-0.05, 0) is 59.2 Å². The van der Waals surface area contributed by atoms with Gasteiger partial charge >= 0.3 is 0 Å². The minimum Gasteiger partial charge on any atom is -0.373 e. The molecule has 2 aliphatic rings. The Balaban J connectivity index is 1.69. The molecule has 0 saturated carbocycles. The summed E-state index contributed by atoms with van der Waals surface area (Å²) in [5.74, 6) is 6.04. The normalized spacial score (nSPS) is 19.1. The second kappa shape index (κ2) is 12.9. The molecule has 11 heteroatoms. The highest BCUT2D eigenvalue weighted by Gasteiger charge is 2.40. The van der Waals surface area contributed by atoms with Gasteiger partial charge in [-0.25, -0.2) is 18.2 Å². The predicted octanol–water partition coefficient (Wildman–Crippen LogP) is 5.42. The van der Waals surface area contributed by atoms with E-state index in [0.717, 1.165) is 25.5 Å². The van der Waals surface area contributed by atoms with Gasteiger partial charge in [0.15, 0.2) is 0 Å². The Morgan fingerprint density at radius 1 is 1.18 bits per heavy atom. The van der Waals surface area contributed by atoms with Gasteiger partial charge in [0.2, 0.25) is 5.91 Å². The first-order valence-corrected chi connectivity index (χ1v) is 15.3. The number of carbonyl (C=O) groups is 1. The zero-order valence-corrected chi connectivity index (χ0v) is 26.6. The molecule has 3 aromatic rings.